The zero-order valence-electron chi connectivity index (χ0n) is 35.0. The van der Waals surface area contributed by atoms with Crippen molar-refractivity contribution in [1.82, 2.24) is 0 Å². The standard InChI is InChI=1S/C23H24O2.C13H18O3.C12H16O3/c1-15-6-16(2)9-20(8-15)24-22-12-19(5)13-23(14-22)25-21-10-17(3)7-18(4)11-21;1-10-6-11(2)8-13(7-10)9-15-4-5-16-12(3)14;1-9-6-10(2)8-12(7-9)15-5-4-14-11(3)13/h6-14H,1-5H3;6-8H,4-5,9H2,1-3H3;6-8H,4-5H2,1-3H3. The Bertz CT molecular complexity index is 1900. The number of ether oxygens (including phenoxy) is 6. The molecule has 56 heavy (non-hydrogen) atoms. The van der Waals surface area contributed by atoms with Crippen LogP contribution in [0, 0.1) is 62.3 Å². The van der Waals surface area contributed by atoms with Crippen LogP contribution in [0.2, 0.25) is 0 Å². The number of carbonyl (C=O) groups is 2. The maximum Gasteiger partial charge on any atom is 0.302 e. The highest BCUT2D eigenvalue weighted by Gasteiger charge is 2.06. The lowest BCUT2D eigenvalue weighted by Gasteiger charge is -2.12. The third kappa shape index (κ3) is 18.2. The van der Waals surface area contributed by atoms with E-state index in [2.05, 4.69) is 77.9 Å². The van der Waals surface area contributed by atoms with Crippen molar-refractivity contribution in [3.05, 3.63) is 147 Å². The van der Waals surface area contributed by atoms with Gasteiger partial charge in [0.25, 0.3) is 0 Å². The summed E-state index contributed by atoms with van der Waals surface area (Å²) in [6.07, 6.45) is 0. The molecule has 8 heteroatoms. The van der Waals surface area contributed by atoms with Crippen LogP contribution in [0.4, 0.5) is 0 Å². The monoisotopic (exact) mass is 762 g/mol. The summed E-state index contributed by atoms with van der Waals surface area (Å²) in [5.74, 6) is 3.53. The second-order valence-electron chi connectivity index (χ2n) is 14.2. The quantitative estimate of drug-likeness (QED) is 0.0865. The average Bonchev–Trinajstić information content (AvgIpc) is 3.05. The Hall–Kier alpha value is -5.60. The first kappa shape index (κ1) is 44.8. The first-order chi connectivity index (χ1) is 26.5. The summed E-state index contributed by atoms with van der Waals surface area (Å²) in [7, 11) is 0. The van der Waals surface area contributed by atoms with Crippen LogP contribution in [0.5, 0.6) is 28.7 Å². The van der Waals surface area contributed by atoms with Crippen LogP contribution in [0.25, 0.3) is 0 Å². The van der Waals surface area contributed by atoms with E-state index in [1.807, 2.05) is 75.4 Å². The number of hydrogen-bond acceptors (Lipinski definition) is 8. The fraction of sp³-hybridized carbons (Fsp3) is 0.333. The van der Waals surface area contributed by atoms with Crippen LogP contribution in [0.1, 0.15) is 69.5 Å². The summed E-state index contributed by atoms with van der Waals surface area (Å²) in [5, 5.41) is 0. The van der Waals surface area contributed by atoms with Gasteiger partial charge in [0.2, 0.25) is 0 Å². The molecule has 0 heterocycles. The molecule has 0 aromatic heterocycles. The number of esters is 2. The van der Waals surface area contributed by atoms with E-state index in [4.69, 9.17) is 28.4 Å². The number of rotatable bonds is 13. The molecule has 0 atom stereocenters. The van der Waals surface area contributed by atoms with Crippen molar-refractivity contribution in [3.63, 3.8) is 0 Å². The zero-order valence-corrected chi connectivity index (χ0v) is 35.0. The summed E-state index contributed by atoms with van der Waals surface area (Å²) in [4.78, 5) is 21.0. The van der Waals surface area contributed by atoms with E-state index in [-0.39, 0.29) is 11.9 Å². The third-order valence-electron chi connectivity index (χ3n) is 7.82. The van der Waals surface area contributed by atoms with E-state index >= 15 is 0 Å². The van der Waals surface area contributed by atoms with Gasteiger partial charge in [-0.2, -0.15) is 0 Å². The van der Waals surface area contributed by atoms with Gasteiger partial charge in [0, 0.05) is 19.9 Å². The Balaban J connectivity index is 0.000000237. The molecule has 298 valence electrons. The summed E-state index contributed by atoms with van der Waals surface area (Å²) in [6, 6.07) is 30.7. The van der Waals surface area contributed by atoms with E-state index in [0.717, 1.165) is 51.0 Å². The van der Waals surface area contributed by atoms with Gasteiger partial charge in [-0.1, -0.05) is 47.5 Å². The van der Waals surface area contributed by atoms with Gasteiger partial charge in [-0.3, -0.25) is 9.59 Å². The number of hydrogen-bond donors (Lipinski definition) is 0. The van der Waals surface area contributed by atoms with Gasteiger partial charge in [-0.25, -0.2) is 0 Å². The van der Waals surface area contributed by atoms with Crippen molar-refractivity contribution < 1.29 is 38.0 Å². The van der Waals surface area contributed by atoms with Crippen LogP contribution in [-0.2, 0) is 30.4 Å². The minimum atomic E-state index is -0.279. The molecule has 0 saturated carbocycles. The summed E-state index contributed by atoms with van der Waals surface area (Å²) >= 11 is 0. The minimum absolute atomic E-state index is 0.269. The van der Waals surface area contributed by atoms with E-state index < -0.39 is 0 Å². The predicted molar refractivity (Wildman–Crippen MR) is 223 cm³/mol. The molecular weight excluding hydrogens is 705 g/mol. The Morgan fingerprint density at radius 2 is 0.679 bits per heavy atom. The maximum atomic E-state index is 10.5. The van der Waals surface area contributed by atoms with E-state index in [0.29, 0.717) is 33.0 Å². The van der Waals surface area contributed by atoms with Crippen LogP contribution in [0.15, 0.2) is 91.0 Å². The van der Waals surface area contributed by atoms with Gasteiger partial charge in [0.1, 0.15) is 48.6 Å². The molecule has 0 bridgehead atoms. The highest BCUT2D eigenvalue weighted by molar-refractivity contribution is 5.66. The normalized spacial score (nSPS) is 10.3. The van der Waals surface area contributed by atoms with Gasteiger partial charge < -0.3 is 28.4 Å². The highest BCUT2D eigenvalue weighted by Crippen LogP contribution is 2.31. The number of carbonyl (C=O) groups excluding carboxylic acids is 2. The van der Waals surface area contributed by atoms with Crippen LogP contribution < -0.4 is 14.2 Å². The SMILES string of the molecule is CC(=O)OCCOCc1cc(C)cc(C)c1.CC(=O)OCCOc1cc(C)cc(C)c1.Cc1cc(C)cc(Oc2cc(C)cc(Oc3cc(C)cc(C)c3)c2)c1. The molecule has 5 aromatic rings. The Labute approximate surface area is 333 Å². The minimum Gasteiger partial charge on any atom is -0.490 e. The molecule has 0 aliphatic carbocycles. The van der Waals surface area contributed by atoms with Crippen LogP contribution in [0.3, 0.4) is 0 Å². The average molecular weight is 763 g/mol. The smallest absolute Gasteiger partial charge is 0.302 e. The number of aryl methyl sites for hydroxylation is 9. The van der Waals surface area contributed by atoms with Crippen molar-refractivity contribution >= 4 is 11.9 Å². The fourth-order valence-electron chi connectivity index (χ4n) is 6.04. The molecule has 5 rings (SSSR count). The largest absolute Gasteiger partial charge is 0.490 e. The number of benzene rings is 5. The van der Waals surface area contributed by atoms with Gasteiger partial charge in [0.15, 0.2) is 0 Å². The Morgan fingerprint density at radius 1 is 0.375 bits per heavy atom. The molecule has 5 aromatic carbocycles. The molecule has 0 N–H and O–H groups in total. The molecule has 0 saturated heterocycles. The molecule has 8 nitrogen and oxygen atoms in total. The molecule has 0 unspecified atom stereocenters. The lowest BCUT2D eigenvalue weighted by atomic mass is 10.1. The van der Waals surface area contributed by atoms with Gasteiger partial charge in [-0.15, -0.1) is 0 Å². The topological polar surface area (TPSA) is 89.5 Å². The fourth-order valence-corrected chi connectivity index (χ4v) is 6.04. The molecule has 0 aliphatic heterocycles. The van der Waals surface area contributed by atoms with Crippen LogP contribution in [-0.4, -0.2) is 38.4 Å². The molecule has 0 amide bonds. The van der Waals surface area contributed by atoms with Gasteiger partial charge in [0.05, 0.1) is 13.2 Å². The maximum absolute atomic E-state index is 10.5. The second kappa shape index (κ2) is 22.7. The molecule has 0 fully saturated rings. The highest BCUT2D eigenvalue weighted by atomic mass is 16.6. The summed E-state index contributed by atoms with van der Waals surface area (Å²) in [5.41, 5.74) is 11.8. The lowest BCUT2D eigenvalue weighted by molar-refractivity contribution is -0.143. The van der Waals surface area contributed by atoms with Crippen molar-refractivity contribution in [2.24, 2.45) is 0 Å². The van der Waals surface area contributed by atoms with Crippen molar-refractivity contribution in [2.75, 3.05) is 26.4 Å². The van der Waals surface area contributed by atoms with Gasteiger partial charge >= 0.3 is 11.9 Å². The van der Waals surface area contributed by atoms with Gasteiger partial charge in [-0.05, 0) is 155 Å². The zero-order chi connectivity index (χ0) is 41.2. The second-order valence-corrected chi connectivity index (χ2v) is 14.2. The molecule has 0 spiro atoms. The Morgan fingerprint density at radius 3 is 1.05 bits per heavy atom. The molecule has 0 aliphatic rings. The summed E-state index contributed by atoms with van der Waals surface area (Å²) < 4.78 is 32.5. The first-order valence-electron chi connectivity index (χ1n) is 18.8. The molecule has 0 radical (unpaired) electrons. The van der Waals surface area contributed by atoms with Crippen molar-refractivity contribution in [2.45, 2.75) is 82.8 Å². The van der Waals surface area contributed by atoms with Crippen molar-refractivity contribution in [3.8, 4) is 28.7 Å². The Kier molecular flexibility index (Phi) is 18.2. The van der Waals surface area contributed by atoms with E-state index in [9.17, 15) is 9.59 Å². The van der Waals surface area contributed by atoms with Crippen molar-refractivity contribution in [1.29, 1.82) is 0 Å². The third-order valence-corrected chi connectivity index (χ3v) is 7.82. The molecular formula is C48H58O8. The predicted octanol–water partition coefficient (Wildman–Crippen LogP) is 11.4. The van der Waals surface area contributed by atoms with Crippen LogP contribution >= 0.6 is 0 Å². The van der Waals surface area contributed by atoms with E-state index in [1.165, 1.54) is 47.2 Å². The lowest BCUT2D eigenvalue weighted by Crippen LogP contribution is -2.09. The first-order valence-corrected chi connectivity index (χ1v) is 18.8. The van der Waals surface area contributed by atoms with E-state index in [1.54, 1.807) is 0 Å². The summed E-state index contributed by atoms with van der Waals surface area (Å²) in [6.45, 7) is 23.3.